The Hall–Kier alpha value is -1.55. The summed E-state index contributed by atoms with van der Waals surface area (Å²) in [6, 6.07) is 6.00. The molecule has 2 aromatic rings. The van der Waals surface area contributed by atoms with Crippen LogP contribution in [0.2, 0.25) is 0 Å². The molecule has 4 nitrogen and oxygen atoms in total. The monoisotopic (exact) mass is 244 g/mol. The predicted octanol–water partition coefficient (Wildman–Crippen LogP) is 2.09. The molecule has 3 rings (SSSR count). The Labute approximate surface area is 107 Å². The van der Waals surface area contributed by atoms with E-state index in [0.29, 0.717) is 5.92 Å². The molecule has 96 valence electrons. The molecule has 1 aromatic heterocycles. The fraction of sp³-hybridized carbons (Fsp3) is 0.500. The highest BCUT2D eigenvalue weighted by atomic mass is 15.2. The molecule has 18 heavy (non-hydrogen) atoms. The third-order valence-electron chi connectivity index (χ3n) is 3.48. The van der Waals surface area contributed by atoms with Gasteiger partial charge in [0, 0.05) is 25.3 Å². The van der Waals surface area contributed by atoms with Crippen LogP contribution in [0.25, 0.3) is 11.0 Å². The van der Waals surface area contributed by atoms with Crippen molar-refractivity contribution in [1.82, 2.24) is 14.5 Å². The smallest absolute Gasteiger partial charge is 0.124 e. The molecule has 0 unspecified atom stereocenters. The van der Waals surface area contributed by atoms with Crippen LogP contribution in [0.5, 0.6) is 0 Å². The summed E-state index contributed by atoms with van der Waals surface area (Å²) in [5, 5.41) is 0. The van der Waals surface area contributed by atoms with Gasteiger partial charge in [-0.1, -0.05) is 13.8 Å². The molecule has 0 saturated carbocycles. The number of rotatable bonds is 2. The van der Waals surface area contributed by atoms with Gasteiger partial charge in [-0.25, -0.2) is 4.98 Å². The van der Waals surface area contributed by atoms with Gasteiger partial charge in [0.1, 0.15) is 5.82 Å². The summed E-state index contributed by atoms with van der Waals surface area (Å²) in [7, 11) is 0. The van der Waals surface area contributed by atoms with Gasteiger partial charge in [-0.15, -0.1) is 0 Å². The number of benzene rings is 1. The molecule has 0 aliphatic carbocycles. The molecule has 1 aliphatic heterocycles. The molecule has 0 fully saturated rings. The second-order valence-corrected chi connectivity index (χ2v) is 5.56. The average molecular weight is 244 g/mol. The van der Waals surface area contributed by atoms with Crippen LogP contribution in [0.1, 0.15) is 19.7 Å². The topological polar surface area (TPSA) is 47.1 Å². The number of hydrogen-bond acceptors (Lipinski definition) is 3. The number of imidazole rings is 1. The molecule has 0 radical (unpaired) electrons. The molecule has 0 spiro atoms. The first-order chi connectivity index (χ1) is 8.63. The van der Waals surface area contributed by atoms with Crippen LogP contribution in [0, 0.1) is 5.92 Å². The van der Waals surface area contributed by atoms with E-state index in [1.807, 2.05) is 12.1 Å². The van der Waals surface area contributed by atoms with Gasteiger partial charge >= 0.3 is 0 Å². The van der Waals surface area contributed by atoms with Crippen LogP contribution < -0.4 is 5.73 Å². The van der Waals surface area contributed by atoms with Crippen LogP contribution in [0.3, 0.4) is 0 Å². The maximum Gasteiger partial charge on any atom is 0.124 e. The van der Waals surface area contributed by atoms with Crippen molar-refractivity contribution >= 4 is 16.7 Å². The van der Waals surface area contributed by atoms with E-state index < -0.39 is 0 Å². The first kappa shape index (κ1) is 11.5. The van der Waals surface area contributed by atoms with Gasteiger partial charge in [-0.3, -0.25) is 4.90 Å². The van der Waals surface area contributed by atoms with E-state index in [-0.39, 0.29) is 0 Å². The molecular formula is C14H20N4. The Balaban J connectivity index is 1.94. The number of hydrogen-bond donors (Lipinski definition) is 1. The maximum absolute atomic E-state index is 5.82. The molecule has 0 bridgehead atoms. The third-order valence-corrected chi connectivity index (χ3v) is 3.48. The summed E-state index contributed by atoms with van der Waals surface area (Å²) < 4.78 is 2.33. The lowest BCUT2D eigenvalue weighted by Crippen LogP contribution is -2.36. The van der Waals surface area contributed by atoms with Gasteiger partial charge in [-0.2, -0.15) is 0 Å². The van der Waals surface area contributed by atoms with E-state index in [9.17, 15) is 0 Å². The van der Waals surface area contributed by atoms with E-state index in [2.05, 4.69) is 29.4 Å². The van der Waals surface area contributed by atoms with E-state index >= 15 is 0 Å². The molecule has 2 heterocycles. The van der Waals surface area contributed by atoms with Crippen molar-refractivity contribution in [2.45, 2.75) is 26.9 Å². The van der Waals surface area contributed by atoms with Gasteiger partial charge < -0.3 is 10.3 Å². The van der Waals surface area contributed by atoms with E-state index in [1.165, 1.54) is 11.3 Å². The molecule has 2 N–H and O–H groups in total. The highest BCUT2D eigenvalue weighted by Crippen LogP contribution is 2.22. The Morgan fingerprint density at radius 1 is 1.33 bits per heavy atom. The van der Waals surface area contributed by atoms with Crippen molar-refractivity contribution < 1.29 is 0 Å². The second kappa shape index (κ2) is 4.28. The number of nitrogen functional groups attached to an aromatic ring is 1. The first-order valence-corrected chi connectivity index (χ1v) is 6.60. The molecule has 1 aromatic carbocycles. The number of fused-ring (bicyclic) bond motifs is 3. The van der Waals surface area contributed by atoms with Crippen molar-refractivity contribution in [3.63, 3.8) is 0 Å². The molecule has 0 saturated heterocycles. The zero-order chi connectivity index (χ0) is 12.7. The number of nitrogens with two attached hydrogens (primary N) is 1. The minimum absolute atomic E-state index is 0.705. The van der Waals surface area contributed by atoms with Crippen molar-refractivity contribution in [1.29, 1.82) is 0 Å². The van der Waals surface area contributed by atoms with Gasteiger partial charge in [0.15, 0.2) is 0 Å². The van der Waals surface area contributed by atoms with Crippen LogP contribution in [0.15, 0.2) is 18.2 Å². The lowest BCUT2D eigenvalue weighted by Gasteiger charge is -2.29. The highest BCUT2D eigenvalue weighted by molar-refractivity contribution is 5.79. The highest BCUT2D eigenvalue weighted by Gasteiger charge is 2.20. The Morgan fingerprint density at radius 3 is 2.94 bits per heavy atom. The summed E-state index contributed by atoms with van der Waals surface area (Å²) in [4.78, 5) is 7.19. The maximum atomic E-state index is 5.82. The minimum atomic E-state index is 0.705. The first-order valence-electron chi connectivity index (χ1n) is 6.60. The quantitative estimate of drug-likeness (QED) is 0.823. The largest absolute Gasteiger partial charge is 0.399 e. The van der Waals surface area contributed by atoms with Crippen molar-refractivity contribution in [3.05, 3.63) is 24.0 Å². The van der Waals surface area contributed by atoms with Gasteiger partial charge in [0.2, 0.25) is 0 Å². The molecule has 0 amide bonds. The standard InChI is InChI=1S/C14H20N4/c1-10(2)8-17-5-6-18-13-4-3-11(15)7-12(13)16-14(18)9-17/h3-4,7,10H,5-6,8-9,15H2,1-2H3. The Bertz CT molecular complexity index is 570. The summed E-state index contributed by atoms with van der Waals surface area (Å²) >= 11 is 0. The summed E-state index contributed by atoms with van der Waals surface area (Å²) in [6.45, 7) is 8.76. The molecular weight excluding hydrogens is 224 g/mol. The van der Waals surface area contributed by atoms with Crippen LogP contribution in [-0.4, -0.2) is 27.5 Å². The van der Waals surface area contributed by atoms with Crippen molar-refractivity contribution in [2.75, 3.05) is 18.8 Å². The SMILES string of the molecule is CC(C)CN1CCn2c(nc3cc(N)ccc32)C1. The summed E-state index contributed by atoms with van der Waals surface area (Å²) in [5.74, 6) is 1.87. The third kappa shape index (κ3) is 1.97. The van der Waals surface area contributed by atoms with E-state index in [1.54, 1.807) is 0 Å². The lowest BCUT2D eigenvalue weighted by molar-refractivity contribution is 0.197. The second-order valence-electron chi connectivity index (χ2n) is 5.56. The van der Waals surface area contributed by atoms with Crippen LogP contribution >= 0.6 is 0 Å². The van der Waals surface area contributed by atoms with Crippen molar-refractivity contribution in [3.8, 4) is 0 Å². The predicted molar refractivity (Wildman–Crippen MR) is 74.3 cm³/mol. The number of anilines is 1. The average Bonchev–Trinajstić information content (AvgIpc) is 2.64. The van der Waals surface area contributed by atoms with Gasteiger partial charge in [-0.05, 0) is 24.1 Å². The van der Waals surface area contributed by atoms with Crippen molar-refractivity contribution in [2.24, 2.45) is 5.92 Å². The summed E-state index contributed by atoms with van der Waals surface area (Å²) in [5.41, 5.74) is 8.84. The normalized spacial score (nSPS) is 16.4. The van der Waals surface area contributed by atoms with E-state index in [4.69, 9.17) is 10.7 Å². The summed E-state index contributed by atoms with van der Waals surface area (Å²) in [6.07, 6.45) is 0. The Morgan fingerprint density at radius 2 is 2.17 bits per heavy atom. The lowest BCUT2D eigenvalue weighted by atomic mass is 10.2. The number of aromatic nitrogens is 2. The fourth-order valence-corrected chi connectivity index (χ4v) is 2.76. The fourth-order valence-electron chi connectivity index (χ4n) is 2.76. The number of nitrogens with zero attached hydrogens (tertiary/aromatic N) is 3. The zero-order valence-electron chi connectivity index (χ0n) is 11.1. The van der Waals surface area contributed by atoms with Crippen LogP contribution in [-0.2, 0) is 13.1 Å². The van der Waals surface area contributed by atoms with Gasteiger partial charge in [0.25, 0.3) is 0 Å². The zero-order valence-corrected chi connectivity index (χ0v) is 11.1. The molecule has 4 heteroatoms. The molecule has 0 atom stereocenters. The van der Waals surface area contributed by atoms with Crippen LogP contribution in [0.4, 0.5) is 5.69 Å². The Kier molecular flexibility index (Phi) is 2.74. The minimum Gasteiger partial charge on any atom is -0.399 e. The van der Waals surface area contributed by atoms with E-state index in [0.717, 1.165) is 37.4 Å². The van der Waals surface area contributed by atoms with Gasteiger partial charge in [0.05, 0.1) is 17.6 Å². The molecule has 1 aliphatic rings.